The van der Waals surface area contributed by atoms with E-state index in [1.54, 1.807) is 0 Å². The predicted octanol–water partition coefficient (Wildman–Crippen LogP) is 1.21. The van der Waals surface area contributed by atoms with Crippen molar-refractivity contribution in [1.82, 2.24) is 5.32 Å². The Hall–Kier alpha value is -0.0400. The number of nitrogens with one attached hydrogen (secondary N) is 1. The molecule has 0 aliphatic heterocycles. The molecule has 0 aliphatic carbocycles. The van der Waals surface area contributed by atoms with E-state index in [-0.39, 0.29) is 0 Å². The summed E-state index contributed by atoms with van der Waals surface area (Å²) in [7, 11) is 0. The van der Waals surface area contributed by atoms with Gasteiger partial charge in [0.2, 0.25) is 0 Å². The summed E-state index contributed by atoms with van der Waals surface area (Å²) in [4.78, 5) is 0. The van der Waals surface area contributed by atoms with Crippen LogP contribution in [0.15, 0.2) is 0 Å². The number of hydrogen-bond donors (Lipinski definition) is 1. The molecule has 0 spiro atoms. The highest BCUT2D eigenvalue weighted by Crippen LogP contribution is 1.80. The normalized spacial score (nSPS) is 9.43. The van der Waals surface area contributed by atoms with Crippen LogP contribution < -0.4 is 5.32 Å². The fourth-order valence-corrected chi connectivity index (χ4v) is 0.427. The van der Waals surface area contributed by atoms with Crippen LogP contribution in [0.2, 0.25) is 0 Å². The first-order valence-corrected chi connectivity index (χ1v) is 2.91. The van der Waals surface area contributed by atoms with Gasteiger partial charge in [-0.2, -0.15) is 0 Å². The van der Waals surface area contributed by atoms with E-state index < -0.39 is 0 Å². The maximum Gasteiger partial charge on any atom is -0.00484 e. The third-order valence-electron chi connectivity index (χ3n) is 0.884. The maximum absolute atomic E-state index is 3.65. The van der Waals surface area contributed by atoms with Crippen molar-refractivity contribution in [3.63, 3.8) is 0 Å². The average Bonchev–Trinajstić information content (AvgIpc) is 1.69. The monoisotopic (exact) mass is 100 g/mol. The van der Waals surface area contributed by atoms with E-state index in [0.717, 1.165) is 13.1 Å². The minimum absolute atomic E-state index is 0.861. The van der Waals surface area contributed by atoms with Gasteiger partial charge in [-0.25, -0.2) is 0 Å². The van der Waals surface area contributed by atoms with Crippen molar-refractivity contribution in [2.75, 3.05) is 13.1 Å². The van der Waals surface area contributed by atoms with E-state index in [2.05, 4.69) is 19.2 Å². The van der Waals surface area contributed by atoms with Crippen molar-refractivity contribution in [3.8, 4) is 0 Å². The first-order valence-electron chi connectivity index (χ1n) is 2.91. The second-order valence-electron chi connectivity index (χ2n) is 1.60. The Morgan fingerprint density at radius 2 is 2.29 bits per heavy atom. The molecule has 0 aromatic carbocycles. The molecule has 1 N–H and O–H groups in total. The largest absolute Gasteiger partial charge is 0.317 e. The number of hydrogen-bond acceptors (Lipinski definition) is 1. The Morgan fingerprint density at radius 1 is 1.57 bits per heavy atom. The molecule has 0 saturated heterocycles. The molecule has 0 fully saturated rings. The lowest BCUT2D eigenvalue weighted by atomic mass is 10.3. The second-order valence-corrected chi connectivity index (χ2v) is 1.60. The van der Waals surface area contributed by atoms with Crippen LogP contribution in [0.3, 0.4) is 0 Å². The van der Waals surface area contributed by atoms with Gasteiger partial charge in [0.1, 0.15) is 0 Å². The number of unbranched alkanes of at least 4 members (excludes halogenated alkanes) is 1. The summed E-state index contributed by atoms with van der Waals surface area (Å²) in [5.41, 5.74) is 0. The van der Waals surface area contributed by atoms with Crippen molar-refractivity contribution < 1.29 is 0 Å². The summed E-state index contributed by atoms with van der Waals surface area (Å²) in [6.07, 6.45) is 2.54. The van der Waals surface area contributed by atoms with E-state index in [9.17, 15) is 0 Å². The molecule has 0 atom stereocenters. The third-order valence-corrected chi connectivity index (χ3v) is 0.884. The molecular formula is C6H14N. The Morgan fingerprint density at radius 3 is 2.71 bits per heavy atom. The van der Waals surface area contributed by atoms with Gasteiger partial charge in [-0.15, -0.1) is 0 Å². The van der Waals surface area contributed by atoms with Gasteiger partial charge in [-0.05, 0) is 26.4 Å². The van der Waals surface area contributed by atoms with Gasteiger partial charge in [0.15, 0.2) is 0 Å². The molecule has 0 heterocycles. The highest BCUT2D eigenvalue weighted by molar-refractivity contribution is 4.45. The van der Waals surface area contributed by atoms with Crippen molar-refractivity contribution in [2.24, 2.45) is 0 Å². The Kier molecular flexibility index (Phi) is 5.93. The topological polar surface area (TPSA) is 12.0 Å². The molecule has 0 saturated carbocycles. The van der Waals surface area contributed by atoms with Gasteiger partial charge in [-0.3, -0.25) is 0 Å². The van der Waals surface area contributed by atoms with E-state index in [0.29, 0.717) is 0 Å². The van der Waals surface area contributed by atoms with Gasteiger partial charge < -0.3 is 5.32 Å². The van der Waals surface area contributed by atoms with E-state index >= 15 is 0 Å². The average molecular weight is 100 g/mol. The van der Waals surface area contributed by atoms with Crippen molar-refractivity contribution in [2.45, 2.75) is 19.8 Å². The lowest BCUT2D eigenvalue weighted by molar-refractivity contribution is 0.680. The molecule has 1 nitrogen and oxygen atoms in total. The minimum Gasteiger partial charge on any atom is -0.317 e. The Bertz CT molecular complexity index is 23.4. The van der Waals surface area contributed by atoms with Crippen molar-refractivity contribution in [1.29, 1.82) is 0 Å². The first kappa shape index (κ1) is 6.96. The summed E-state index contributed by atoms with van der Waals surface area (Å²) in [5.74, 6) is 0. The quantitative estimate of drug-likeness (QED) is 0.524. The molecule has 7 heavy (non-hydrogen) atoms. The lowest BCUT2D eigenvalue weighted by Gasteiger charge is -1.94. The molecular weight excluding hydrogens is 86.1 g/mol. The fourth-order valence-electron chi connectivity index (χ4n) is 0.427. The predicted molar refractivity (Wildman–Crippen MR) is 33.1 cm³/mol. The van der Waals surface area contributed by atoms with Crippen LogP contribution >= 0.6 is 0 Å². The SMILES string of the molecule is [CH2]CNCCCC. The maximum atomic E-state index is 3.65. The highest BCUT2D eigenvalue weighted by Gasteiger charge is 1.77. The van der Waals surface area contributed by atoms with Crippen LogP contribution in [0.25, 0.3) is 0 Å². The molecule has 0 rings (SSSR count). The second kappa shape index (κ2) is 5.96. The van der Waals surface area contributed by atoms with Gasteiger partial charge in [0.05, 0.1) is 0 Å². The first-order chi connectivity index (χ1) is 3.41. The van der Waals surface area contributed by atoms with Crippen LogP contribution in [0, 0.1) is 6.92 Å². The van der Waals surface area contributed by atoms with Crippen molar-refractivity contribution >= 4 is 0 Å². The van der Waals surface area contributed by atoms with E-state index in [1.165, 1.54) is 12.8 Å². The minimum atomic E-state index is 0.861. The van der Waals surface area contributed by atoms with Crippen LogP contribution in [0.1, 0.15) is 19.8 Å². The Balaban J connectivity index is 2.45. The van der Waals surface area contributed by atoms with E-state index in [4.69, 9.17) is 0 Å². The number of rotatable bonds is 4. The lowest BCUT2D eigenvalue weighted by Crippen LogP contribution is -2.13. The summed E-state index contributed by atoms with van der Waals surface area (Å²) in [6.45, 7) is 7.82. The molecule has 0 aromatic rings. The summed E-state index contributed by atoms with van der Waals surface area (Å²) >= 11 is 0. The molecule has 0 aromatic heterocycles. The molecule has 1 heteroatoms. The third kappa shape index (κ3) is 5.96. The van der Waals surface area contributed by atoms with Crippen molar-refractivity contribution in [3.05, 3.63) is 6.92 Å². The zero-order valence-corrected chi connectivity index (χ0v) is 5.04. The summed E-state index contributed by atoms with van der Waals surface area (Å²) in [5, 5.41) is 3.14. The standard InChI is InChI=1S/C6H14N/c1-3-5-6-7-4-2/h7H,2-6H2,1H3. The van der Waals surface area contributed by atoms with Crippen LogP contribution in [0.5, 0.6) is 0 Å². The molecule has 0 aliphatic rings. The zero-order valence-electron chi connectivity index (χ0n) is 5.04. The Labute approximate surface area is 46.1 Å². The van der Waals surface area contributed by atoms with E-state index in [1.807, 2.05) is 0 Å². The smallest absolute Gasteiger partial charge is 0.00484 e. The highest BCUT2D eigenvalue weighted by atomic mass is 14.8. The van der Waals surface area contributed by atoms with Gasteiger partial charge in [0.25, 0.3) is 0 Å². The molecule has 0 amide bonds. The van der Waals surface area contributed by atoms with Gasteiger partial charge in [-0.1, -0.05) is 13.3 Å². The van der Waals surface area contributed by atoms with Crippen LogP contribution in [-0.2, 0) is 0 Å². The zero-order chi connectivity index (χ0) is 5.54. The summed E-state index contributed by atoms with van der Waals surface area (Å²) < 4.78 is 0. The fraction of sp³-hybridized carbons (Fsp3) is 0.833. The van der Waals surface area contributed by atoms with Crippen LogP contribution in [-0.4, -0.2) is 13.1 Å². The van der Waals surface area contributed by atoms with Crippen LogP contribution in [0.4, 0.5) is 0 Å². The van der Waals surface area contributed by atoms with Gasteiger partial charge in [0, 0.05) is 0 Å². The molecule has 43 valence electrons. The summed E-state index contributed by atoms with van der Waals surface area (Å²) in [6, 6.07) is 0. The molecule has 0 bridgehead atoms. The molecule has 1 radical (unpaired) electrons. The van der Waals surface area contributed by atoms with Gasteiger partial charge >= 0.3 is 0 Å². The molecule has 0 unspecified atom stereocenters.